The Morgan fingerprint density at radius 1 is 1.08 bits per heavy atom. The number of benzene rings is 1. The summed E-state index contributed by atoms with van der Waals surface area (Å²) < 4.78 is 2.43. The van der Waals surface area contributed by atoms with Crippen LogP contribution in [0.3, 0.4) is 0 Å². The lowest BCUT2D eigenvalue weighted by Crippen LogP contribution is -3.00. The van der Waals surface area contributed by atoms with Crippen molar-refractivity contribution < 1.29 is 28.5 Å². The lowest BCUT2D eigenvalue weighted by atomic mass is 10.1. The molecular formula is C21H27IN2S. The second-order valence-corrected chi connectivity index (χ2v) is 7.44. The fraction of sp³-hybridized carbons (Fsp3) is 0.381. The minimum Gasteiger partial charge on any atom is -1.00 e. The zero-order chi connectivity index (χ0) is 17.1. The number of nitrogens with zero attached hydrogens (tertiary/aromatic N) is 2. The summed E-state index contributed by atoms with van der Waals surface area (Å²) in [7, 11) is 0. The summed E-state index contributed by atoms with van der Waals surface area (Å²) in [6, 6.07) is 13.3. The average Bonchev–Trinajstić information content (AvgIpc) is 2.91. The smallest absolute Gasteiger partial charge is 0.179 e. The summed E-state index contributed by atoms with van der Waals surface area (Å²) in [6.07, 6.45) is 4.80. The van der Waals surface area contributed by atoms with Crippen molar-refractivity contribution >= 4 is 23.5 Å². The normalized spacial score (nSPS) is 14.6. The van der Waals surface area contributed by atoms with Crippen LogP contribution in [0.25, 0.3) is 6.08 Å². The molecular weight excluding hydrogens is 439 g/mol. The minimum atomic E-state index is 0. The van der Waals surface area contributed by atoms with Crippen molar-refractivity contribution in [1.82, 2.24) is 0 Å². The van der Waals surface area contributed by atoms with E-state index in [4.69, 9.17) is 0 Å². The van der Waals surface area contributed by atoms with Gasteiger partial charge in [-0.2, -0.15) is 0 Å². The highest BCUT2D eigenvalue weighted by molar-refractivity contribution is 8.03. The molecule has 0 saturated carbocycles. The van der Waals surface area contributed by atoms with Crippen LogP contribution in [-0.2, 0) is 6.54 Å². The van der Waals surface area contributed by atoms with E-state index >= 15 is 0 Å². The molecule has 2 aromatic rings. The van der Waals surface area contributed by atoms with Gasteiger partial charge in [-0.15, -0.1) is 0 Å². The maximum absolute atomic E-state index is 2.43. The Balaban J connectivity index is 0.00000225. The number of hydrogen-bond donors (Lipinski definition) is 0. The Kier molecular flexibility index (Phi) is 7.37. The highest BCUT2D eigenvalue weighted by Crippen LogP contribution is 2.46. The SMILES string of the molecule is CCCC[n+]1c(C)cc(/C=C2\Sc3ccccc3N2CC)cc1C.[I-]. The van der Waals surface area contributed by atoms with Gasteiger partial charge in [0.1, 0.15) is 6.54 Å². The van der Waals surface area contributed by atoms with Crippen LogP contribution in [0.1, 0.15) is 43.6 Å². The van der Waals surface area contributed by atoms with Gasteiger partial charge in [0.25, 0.3) is 0 Å². The number of aryl methyl sites for hydroxylation is 2. The largest absolute Gasteiger partial charge is 1.00 e. The van der Waals surface area contributed by atoms with Gasteiger partial charge in [-0.3, -0.25) is 0 Å². The van der Waals surface area contributed by atoms with Crippen LogP contribution in [0.5, 0.6) is 0 Å². The summed E-state index contributed by atoms with van der Waals surface area (Å²) in [5.41, 5.74) is 5.32. The molecule has 0 spiro atoms. The first-order chi connectivity index (χ1) is 11.6. The van der Waals surface area contributed by atoms with E-state index in [0.717, 1.165) is 13.1 Å². The minimum absolute atomic E-state index is 0. The van der Waals surface area contributed by atoms with Gasteiger partial charge in [0.2, 0.25) is 0 Å². The molecule has 134 valence electrons. The summed E-state index contributed by atoms with van der Waals surface area (Å²) in [5.74, 6) is 0. The van der Waals surface area contributed by atoms with Crippen LogP contribution >= 0.6 is 11.8 Å². The summed E-state index contributed by atoms with van der Waals surface area (Å²) in [5, 5.41) is 1.32. The molecule has 0 saturated heterocycles. The first kappa shape index (κ1) is 20.3. The molecule has 25 heavy (non-hydrogen) atoms. The van der Waals surface area contributed by atoms with Gasteiger partial charge in [-0.1, -0.05) is 37.2 Å². The maximum Gasteiger partial charge on any atom is 0.179 e. The van der Waals surface area contributed by atoms with Crippen molar-refractivity contribution in [3.8, 4) is 0 Å². The molecule has 1 aliphatic rings. The third-order valence-corrected chi connectivity index (χ3v) is 5.69. The number of fused-ring (bicyclic) bond motifs is 1. The van der Waals surface area contributed by atoms with Gasteiger partial charge in [0.15, 0.2) is 11.4 Å². The Morgan fingerprint density at radius 3 is 2.40 bits per heavy atom. The van der Waals surface area contributed by atoms with E-state index in [1.165, 1.54) is 45.4 Å². The van der Waals surface area contributed by atoms with Crippen molar-refractivity contribution in [2.24, 2.45) is 0 Å². The molecule has 0 bridgehead atoms. The zero-order valence-electron chi connectivity index (χ0n) is 15.6. The fourth-order valence-electron chi connectivity index (χ4n) is 3.34. The lowest BCUT2D eigenvalue weighted by molar-refractivity contribution is -0.708. The van der Waals surface area contributed by atoms with Crippen LogP contribution in [-0.4, -0.2) is 6.54 Å². The number of pyridine rings is 1. The van der Waals surface area contributed by atoms with E-state index in [9.17, 15) is 0 Å². The number of anilines is 1. The lowest BCUT2D eigenvalue weighted by Gasteiger charge is -2.18. The molecule has 2 heterocycles. The van der Waals surface area contributed by atoms with Gasteiger partial charge in [0, 0.05) is 43.8 Å². The molecule has 2 nitrogen and oxygen atoms in total. The Hall–Kier alpha value is -1.01. The van der Waals surface area contributed by atoms with Crippen LogP contribution in [0.2, 0.25) is 0 Å². The summed E-state index contributed by atoms with van der Waals surface area (Å²) >= 11 is 1.87. The second kappa shape index (κ2) is 9.08. The van der Waals surface area contributed by atoms with E-state index in [-0.39, 0.29) is 24.0 Å². The Labute approximate surface area is 173 Å². The van der Waals surface area contributed by atoms with E-state index < -0.39 is 0 Å². The number of para-hydroxylation sites is 1. The van der Waals surface area contributed by atoms with Crippen LogP contribution in [0.4, 0.5) is 5.69 Å². The standard InChI is InChI=1S/C21H27N2S.HI/c1-5-7-12-23-16(3)13-18(14-17(23)4)15-21-22(6-2)19-10-8-9-11-20(19)24-21;/h8-11,13-15H,5-7,12H2,1-4H3;1H/q+1;/p-1. The van der Waals surface area contributed by atoms with Crippen LogP contribution in [0.15, 0.2) is 46.3 Å². The predicted octanol–water partition coefficient (Wildman–Crippen LogP) is 2.33. The molecule has 4 heteroatoms. The maximum atomic E-state index is 2.43. The van der Waals surface area contributed by atoms with E-state index in [1.54, 1.807) is 0 Å². The monoisotopic (exact) mass is 466 g/mol. The topological polar surface area (TPSA) is 7.12 Å². The molecule has 3 rings (SSSR count). The molecule has 1 aromatic carbocycles. The molecule has 1 aliphatic heterocycles. The van der Waals surface area contributed by atoms with Crippen molar-refractivity contribution in [3.63, 3.8) is 0 Å². The number of rotatable bonds is 5. The Morgan fingerprint density at radius 2 is 1.76 bits per heavy atom. The predicted molar refractivity (Wildman–Crippen MR) is 104 cm³/mol. The van der Waals surface area contributed by atoms with E-state index in [2.05, 4.69) is 79.6 Å². The molecule has 0 radical (unpaired) electrons. The molecule has 0 atom stereocenters. The van der Waals surface area contributed by atoms with Gasteiger partial charge in [0.05, 0.1) is 10.7 Å². The quantitative estimate of drug-likeness (QED) is 0.494. The van der Waals surface area contributed by atoms with Gasteiger partial charge in [-0.25, -0.2) is 4.57 Å². The van der Waals surface area contributed by atoms with Gasteiger partial charge < -0.3 is 28.9 Å². The average molecular weight is 466 g/mol. The number of halogens is 1. The zero-order valence-corrected chi connectivity index (χ0v) is 18.5. The third kappa shape index (κ3) is 4.40. The van der Waals surface area contributed by atoms with Gasteiger partial charge >= 0.3 is 0 Å². The first-order valence-electron chi connectivity index (χ1n) is 8.91. The number of hydrogen-bond acceptors (Lipinski definition) is 2. The first-order valence-corrected chi connectivity index (χ1v) is 9.73. The Bertz CT molecular complexity index is 747. The van der Waals surface area contributed by atoms with Crippen LogP contribution < -0.4 is 33.4 Å². The molecule has 0 aliphatic carbocycles. The molecule has 1 aromatic heterocycles. The number of aromatic nitrogens is 1. The summed E-state index contributed by atoms with van der Waals surface area (Å²) in [4.78, 5) is 3.76. The molecule has 0 amide bonds. The number of thioether (sulfide) groups is 1. The molecule has 0 fully saturated rings. The van der Waals surface area contributed by atoms with Crippen molar-refractivity contribution in [1.29, 1.82) is 0 Å². The van der Waals surface area contributed by atoms with Crippen LogP contribution in [0, 0.1) is 13.8 Å². The fourth-order valence-corrected chi connectivity index (χ4v) is 4.53. The van der Waals surface area contributed by atoms with Crippen molar-refractivity contribution in [2.45, 2.75) is 52.0 Å². The molecule has 0 unspecified atom stereocenters. The van der Waals surface area contributed by atoms with E-state index in [1.807, 2.05) is 11.8 Å². The molecule has 0 N–H and O–H groups in total. The van der Waals surface area contributed by atoms with Crippen molar-refractivity contribution in [3.05, 3.63) is 58.4 Å². The van der Waals surface area contributed by atoms with Crippen molar-refractivity contribution in [2.75, 3.05) is 11.4 Å². The third-order valence-electron chi connectivity index (χ3n) is 4.58. The number of unbranched alkanes of at least 4 members (excludes halogenated alkanes) is 1. The van der Waals surface area contributed by atoms with Gasteiger partial charge in [-0.05, 0) is 30.7 Å². The van der Waals surface area contributed by atoms with E-state index in [0.29, 0.717) is 0 Å². The second-order valence-electron chi connectivity index (χ2n) is 6.37. The summed E-state index contributed by atoms with van der Waals surface area (Å²) in [6.45, 7) is 11.0. The highest BCUT2D eigenvalue weighted by atomic mass is 127. The highest BCUT2D eigenvalue weighted by Gasteiger charge is 2.23.